The number of fused-ring (bicyclic) bond motifs is 7. The van der Waals surface area contributed by atoms with Gasteiger partial charge in [0.15, 0.2) is 0 Å². The van der Waals surface area contributed by atoms with Crippen molar-refractivity contribution in [1.82, 2.24) is 10.3 Å². The number of rotatable bonds is 10. The Bertz CT molecular complexity index is 1810. The number of carbonyl (C=O) groups is 1. The smallest absolute Gasteiger partial charge is 0.313 e. The highest BCUT2D eigenvalue weighted by Crippen LogP contribution is 2.76. The second-order valence-electron chi connectivity index (χ2n) is 20.9. The van der Waals surface area contributed by atoms with Crippen LogP contribution in [0.1, 0.15) is 144 Å². The molecule has 6 aliphatic rings. The van der Waals surface area contributed by atoms with Crippen molar-refractivity contribution in [2.24, 2.45) is 56.7 Å². The van der Waals surface area contributed by atoms with E-state index in [1.807, 2.05) is 6.92 Å². The Morgan fingerprint density at radius 3 is 2.45 bits per heavy atom. The Labute approximate surface area is 331 Å². The molecule has 55 heavy (non-hydrogen) atoms. The van der Waals surface area contributed by atoms with Crippen LogP contribution in [0.3, 0.4) is 0 Å². The standard InChI is InChI=1S/C48H69N3O4/c1-10-43(6,54)29-51-48-24-17-34(31(2)3)39(48)36-13-14-38-44(7)20-18-35(42(4,5)37(44)19-21-46(38,9)45(36,8)25-26-48)32-15-22-47(23-16-32,41(52)53)30-55-40-33(28-49)12-11-27-50-40/h11-12,15,18,27,34,36-39,51,54H,2,10,13-14,16-17,19-26,29-30H2,1,3-9H3,(H,52,53)/t34-,36+,37-,38+,39+,43-,44-,45+,46+,47-,48-/m0/s1. The Kier molecular flexibility index (Phi) is 10.1. The first-order valence-electron chi connectivity index (χ1n) is 21.6. The summed E-state index contributed by atoms with van der Waals surface area (Å²) in [4.78, 5) is 17.0. The van der Waals surface area contributed by atoms with E-state index in [2.05, 4.69) is 83.6 Å². The maximum atomic E-state index is 12.8. The SMILES string of the molecule is C=C(C)[C@@H]1CC[C@]2(NC[C@@](C)(O)CC)CC[C@]3(C)[C@H](CC[C@@H]4[C@@]5(C)CC=C(C6=CC[C@](COc7ncccc7C#N)(C(=O)O)CC6)C(C)(C)[C@@H]5CC[C@]43C)[C@@H]12. The van der Waals surface area contributed by atoms with Crippen molar-refractivity contribution in [3.8, 4) is 11.9 Å². The fourth-order valence-corrected chi connectivity index (χ4v) is 14.4. The van der Waals surface area contributed by atoms with E-state index in [4.69, 9.17) is 4.74 Å². The summed E-state index contributed by atoms with van der Waals surface area (Å²) in [5.74, 6) is 2.29. The molecule has 4 saturated carbocycles. The van der Waals surface area contributed by atoms with Crippen molar-refractivity contribution in [2.45, 2.75) is 150 Å². The first-order chi connectivity index (χ1) is 25.8. The predicted molar refractivity (Wildman–Crippen MR) is 218 cm³/mol. The zero-order valence-corrected chi connectivity index (χ0v) is 35.2. The highest BCUT2D eigenvalue weighted by atomic mass is 16.5. The van der Waals surface area contributed by atoms with Crippen molar-refractivity contribution in [3.05, 3.63) is 59.3 Å². The molecule has 1 heterocycles. The number of hydrogen-bond donors (Lipinski definition) is 3. The molecule has 0 amide bonds. The second kappa shape index (κ2) is 13.9. The van der Waals surface area contributed by atoms with Gasteiger partial charge in [-0.2, -0.15) is 5.26 Å². The molecule has 1 aromatic heterocycles. The van der Waals surface area contributed by atoms with Crippen molar-refractivity contribution in [1.29, 1.82) is 5.26 Å². The number of hydrogen-bond acceptors (Lipinski definition) is 6. The van der Waals surface area contributed by atoms with Crippen molar-refractivity contribution in [3.63, 3.8) is 0 Å². The van der Waals surface area contributed by atoms with Crippen LogP contribution in [-0.2, 0) is 4.79 Å². The number of ether oxygens (including phenoxy) is 1. The topological polar surface area (TPSA) is 115 Å². The van der Waals surface area contributed by atoms with Crippen LogP contribution in [0.15, 0.2) is 53.8 Å². The van der Waals surface area contributed by atoms with Crippen molar-refractivity contribution in [2.75, 3.05) is 13.2 Å². The summed E-state index contributed by atoms with van der Waals surface area (Å²) >= 11 is 0. The predicted octanol–water partition coefficient (Wildman–Crippen LogP) is 10.2. The molecule has 4 fully saturated rings. The minimum absolute atomic E-state index is 0.00826. The second-order valence-corrected chi connectivity index (χ2v) is 20.9. The normalized spacial score (nSPS) is 41.5. The zero-order valence-electron chi connectivity index (χ0n) is 35.2. The maximum Gasteiger partial charge on any atom is 0.313 e. The van der Waals surface area contributed by atoms with Crippen molar-refractivity contribution < 1.29 is 19.7 Å². The molecular weight excluding hydrogens is 683 g/mol. The van der Waals surface area contributed by atoms with Gasteiger partial charge in [0.25, 0.3) is 0 Å². The average molecular weight is 752 g/mol. The van der Waals surface area contributed by atoms with Crippen LogP contribution in [0.2, 0.25) is 0 Å². The number of aliphatic carboxylic acids is 1. The molecule has 11 atom stereocenters. The summed E-state index contributed by atoms with van der Waals surface area (Å²) < 4.78 is 5.94. The Morgan fingerprint density at radius 1 is 1.04 bits per heavy atom. The Balaban J connectivity index is 1.14. The van der Waals surface area contributed by atoms with Crippen molar-refractivity contribution >= 4 is 5.97 Å². The zero-order chi connectivity index (χ0) is 39.8. The number of aliphatic hydroxyl groups is 1. The summed E-state index contributed by atoms with van der Waals surface area (Å²) in [5.41, 5.74) is 3.42. The maximum absolute atomic E-state index is 12.8. The molecule has 6 aliphatic carbocycles. The van der Waals surface area contributed by atoms with E-state index in [9.17, 15) is 20.3 Å². The Hall–Kier alpha value is -2.95. The van der Waals surface area contributed by atoms with E-state index in [0.717, 1.165) is 12.8 Å². The molecule has 3 N–H and O–H groups in total. The number of pyridine rings is 1. The van der Waals surface area contributed by atoms with Crippen LogP contribution in [0.5, 0.6) is 5.88 Å². The lowest BCUT2D eigenvalue weighted by Crippen LogP contribution is -2.68. The molecule has 300 valence electrons. The van der Waals surface area contributed by atoms with E-state index in [1.54, 1.807) is 18.3 Å². The molecular formula is C48H69N3O4. The Morgan fingerprint density at radius 2 is 1.80 bits per heavy atom. The van der Waals surface area contributed by atoms with Gasteiger partial charge in [0, 0.05) is 18.3 Å². The first kappa shape index (κ1) is 40.3. The molecule has 7 nitrogen and oxygen atoms in total. The molecule has 0 aromatic carbocycles. The number of allylic oxidation sites excluding steroid dienone is 5. The van der Waals surface area contributed by atoms with Crippen LogP contribution < -0.4 is 10.1 Å². The number of nitrogens with zero attached hydrogens (tertiary/aromatic N) is 2. The third-order valence-electron chi connectivity index (χ3n) is 18.0. The van der Waals surface area contributed by atoms with Gasteiger partial charge >= 0.3 is 5.97 Å². The number of carboxylic acid groups (broad SMARTS) is 1. The molecule has 0 aliphatic heterocycles. The fourth-order valence-electron chi connectivity index (χ4n) is 14.4. The lowest BCUT2D eigenvalue weighted by atomic mass is 9.33. The average Bonchev–Trinajstić information content (AvgIpc) is 3.54. The quantitative estimate of drug-likeness (QED) is 0.204. The molecule has 7 rings (SSSR count). The summed E-state index contributed by atoms with van der Waals surface area (Å²) in [7, 11) is 0. The van der Waals surface area contributed by atoms with E-state index in [1.165, 1.54) is 68.1 Å². The monoisotopic (exact) mass is 752 g/mol. The first-order valence-corrected chi connectivity index (χ1v) is 21.6. The van der Waals surface area contributed by atoms with E-state index < -0.39 is 17.0 Å². The summed E-state index contributed by atoms with van der Waals surface area (Å²) in [6, 6.07) is 5.44. The molecule has 0 saturated heterocycles. The number of carboxylic acids is 1. The van der Waals surface area contributed by atoms with Crippen LogP contribution in [0.4, 0.5) is 0 Å². The molecule has 7 heteroatoms. The molecule has 1 aromatic rings. The largest absolute Gasteiger partial charge is 0.481 e. The van der Waals surface area contributed by atoms with Gasteiger partial charge in [-0.1, -0.05) is 65.8 Å². The summed E-state index contributed by atoms with van der Waals surface area (Å²) in [6.07, 6.45) is 19.6. The van der Waals surface area contributed by atoms with Crippen LogP contribution in [-0.4, -0.2) is 45.5 Å². The minimum Gasteiger partial charge on any atom is -0.481 e. The molecule has 0 unspecified atom stereocenters. The van der Waals surface area contributed by atoms with Crippen LogP contribution in [0.25, 0.3) is 0 Å². The third kappa shape index (κ3) is 6.17. The van der Waals surface area contributed by atoms with Gasteiger partial charge in [0.2, 0.25) is 5.88 Å². The van der Waals surface area contributed by atoms with E-state index in [0.29, 0.717) is 61.0 Å². The van der Waals surface area contributed by atoms with E-state index in [-0.39, 0.29) is 39.7 Å². The summed E-state index contributed by atoms with van der Waals surface area (Å²) in [6.45, 7) is 24.6. The minimum atomic E-state index is -1.05. The number of nitriles is 1. The van der Waals surface area contributed by atoms with Crippen LogP contribution >= 0.6 is 0 Å². The lowest BCUT2D eigenvalue weighted by Gasteiger charge is -2.72. The molecule has 0 radical (unpaired) electrons. The number of β-amino-alcohol motifs (C(OH)–C–C–N with tert-alkyl or cyclic N) is 1. The van der Waals surface area contributed by atoms with Gasteiger partial charge in [-0.3, -0.25) is 4.79 Å². The van der Waals surface area contributed by atoms with Gasteiger partial charge in [0.1, 0.15) is 23.7 Å². The van der Waals surface area contributed by atoms with Gasteiger partial charge in [-0.15, -0.1) is 0 Å². The fraction of sp³-hybridized carbons (Fsp3) is 0.729. The molecule has 0 bridgehead atoms. The van der Waals surface area contributed by atoms with Gasteiger partial charge in [0.05, 0.1) is 5.60 Å². The van der Waals surface area contributed by atoms with Gasteiger partial charge < -0.3 is 20.3 Å². The lowest BCUT2D eigenvalue weighted by molar-refractivity contribution is -0.221. The number of nitrogens with one attached hydrogen (secondary N) is 1. The van der Waals surface area contributed by atoms with Gasteiger partial charge in [-0.05, 0) is 172 Å². The highest BCUT2D eigenvalue weighted by molar-refractivity contribution is 5.75. The highest BCUT2D eigenvalue weighted by Gasteiger charge is 2.70. The van der Waals surface area contributed by atoms with Gasteiger partial charge in [-0.25, -0.2) is 4.98 Å². The third-order valence-corrected chi connectivity index (χ3v) is 18.0. The van der Waals surface area contributed by atoms with E-state index >= 15 is 0 Å². The molecule has 0 spiro atoms. The summed E-state index contributed by atoms with van der Waals surface area (Å²) in [5, 5.41) is 35.1. The number of aromatic nitrogens is 1. The van der Waals surface area contributed by atoms with Crippen LogP contribution in [0, 0.1) is 68.0 Å².